The third kappa shape index (κ3) is 2.58. The number of hydrogen-bond acceptors (Lipinski definition) is 3. The van der Waals surface area contributed by atoms with Crippen molar-refractivity contribution in [1.82, 2.24) is 9.97 Å². The molecule has 3 heteroatoms. The third-order valence-corrected chi connectivity index (χ3v) is 1.59. The Labute approximate surface area is 72.5 Å². The smallest absolute Gasteiger partial charge is 0.128 e. The summed E-state index contributed by atoms with van der Waals surface area (Å²) in [4.78, 5) is 8.50. The molecule has 0 aliphatic rings. The Morgan fingerprint density at radius 2 is 1.83 bits per heavy atom. The van der Waals surface area contributed by atoms with Gasteiger partial charge in [0.2, 0.25) is 0 Å². The van der Waals surface area contributed by atoms with Crippen LogP contribution in [0.2, 0.25) is 0 Å². The first-order chi connectivity index (χ1) is 5.72. The minimum Gasteiger partial charge on any atom is -0.396 e. The zero-order valence-electron chi connectivity index (χ0n) is 7.54. The second kappa shape index (κ2) is 4.16. The lowest BCUT2D eigenvalue weighted by atomic mass is 10.3. The van der Waals surface area contributed by atoms with Crippen molar-refractivity contribution >= 4 is 0 Å². The van der Waals surface area contributed by atoms with E-state index in [2.05, 4.69) is 9.97 Å². The normalized spacial score (nSPS) is 10.2. The Kier molecular flexibility index (Phi) is 3.17. The van der Waals surface area contributed by atoms with Crippen molar-refractivity contribution in [3.63, 3.8) is 0 Å². The van der Waals surface area contributed by atoms with Crippen molar-refractivity contribution in [2.45, 2.75) is 26.7 Å². The summed E-state index contributed by atoms with van der Waals surface area (Å²) < 4.78 is 0. The van der Waals surface area contributed by atoms with E-state index in [9.17, 15) is 0 Å². The number of rotatable bonds is 3. The van der Waals surface area contributed by atoms with E-state index < -0.39 is 0 Å². The highest BCUT2D eigenvalue weighted by Crippen LogP contribution is 2.01. The Hall–Kier alpha value is -0.960. The second-order valence-corrected chi connectivity index (χ2v) is 2.89. The highest BCUT2D eigenvalue weighted by Gasteiger charge is 1.98. The van der Waals surface area contributed by atoms with Gasteiger partial charge in [-0.3, -0.25) is 0 Å². The van der Waals surface area contributed by atoms with Gasteiger partial charge >= 0.3 is 0 Å². The van der Waals surface area contributed by atoms with E-state index in [4.69, 9.17) is 5.11 Å². The molecule has 0 amide bonds. The Balaban J connectivity index is 2.72. The minimum atomic E-state index is 0.205. The van der Waals surface area contributed by atoms with Gasteiger partial charge in [-0.2, -0.15) is 0 Å². The van der Waals surface area contributed by atoms with Gasteiger partial charge in [0.05, 0.1) is 0 Å². The number of nitrogens with zero attached hydrogens (tertiary/aromatic N) is 2. The summed E-state index contributed by atoms with van der Waals surface area (Å²) in [6.07, 6.45) is 1.50. The van der Waals surface area contributed by atoms with Crippen LogP contribution in [0.5, 0.6) is 0 Å². The first-order valence-corrected chi connectivity index (χ1v) is 4.14. The molecule has 0 aliphatic carbocycles. The molecule has 0 aliphatic heterocycles. The van der Waals surface area contributed by atoms with E-state index in [-0.39, 0.29) is 6.61 Å². The van der Waals surface area contributed by atoms with Crippen molar-refractivity contribution in [3.05, 3.63) is 23.3 Å². The molecular weight excluding hydrogens is 152 g/mol. The maximum atomic E-state index is 8.61. The summed E-state index contributed by atoms with van der Waals surface area (Å²) in [6.45, 7) is 4.12. The SMILES string of the molecule is Cc1cc(C)nc(CCCO)n1. The van der Waals surface area contributed by atoms with Crippen molar-refractivity contribution in [2.75, 3.05) is 6.61 Å². The van der Waals surface area contributed by atoms with Gasteiger partial charge in [-0.15, -0.1) is 0 Å². The number of hydrogen-bond donors (Lipinski definition) is 1. The summed E-state index contributed by atoms with van der Waals surface area (Å²) in [5, 5.41) is 8.61. The van der Waals surface area contributed by atoms with Crippen LogP contribution in [0, 0.1) is 13.8 Å². The summed E-state index contributed by atoms with van der Waals surface area (Å²) in [6, 6.07) is 1.95. The van der Waals surface area contributed by atoms with Crippen LogP contribution < -0.4 is 0 Å². The van der Waals surface area contributed by atoms with E-state index in [1.165, 1.54) is 0 Å². The molecule has 1 rings (SSSR count). The summed E-state index contributed by atoms with van der Waals surface area (Å²) in [5.74, 6) is 0.835. The van der Waals surface area contributed by atoms with E-state index in [0.29, 0.717) is 0 Å². The van der Waals surface area contributed by atoms with Crippen molar-refractivity contribution < 1.29 is 5.11 Å². The summed E-state index contributed by atoms with van der Waals surface area (Å²) >= 11 is 0. The fourth-order valence-electron chi connectivity index (χ4n) is 1.15. The number of aliphatic hydroxyl groups is 1. The fraction of sp³-hybridized carbons (Fsp3) is 0.556. The Bertz CT molecular complexity index is 240. The van der Waals surface area contributed by atoms with Gasteiger partial charge in [-0.25, -0.2) is 9.97 Å². The molecule has 0 fully saturated rings. The predicted molar refractivity (Wildman–Crippen MR) is 46.9 cm³/mol. The molecule has 0 atom stereocenters. The Morgan fingerprint density at radius 1 is 1.25 bits per heavy atom. The zero-order chi connectivity index (χ0) is 8.97. The van der Waals surface area contributed by atoms with Gasteiger partial charge in [0, 0.05) is 24.4 Å². The molecule has 0 radical (unpaired) electrons. The van der Waals surface area contributed by atoms with Crippen molar-refractivity contribution in [1.29, 1.82) is 0 Å². The van der Waals surface area contributed by atoms with Crippen LogP contribution in [0.1, 0.15) is 23.6 Å². The molecule has 0 saturated carbocycles. The van der Waals surface area contributed by atoms with E-state index in [1.807, 2.05) is 19.9 Å². The lowest BCUT2D eigenvalue weighted by Gasteiger charge is -2.01. The average Bonchev–Trinajstić information content (AvgIpc) is 1.99. The molecule has 0 bridgehead atoms. The standard InChI is InChI=1S/C9H14N2O/c1-7-6-8(2)11-9(10-7)4-3-5-12/h6,12H,3-5H2,1-2H3. The van der Waals surface area contributed by atoms with Crippen LogP contribution in [0.25, 0.3) is 0 Å². The topological polar surface area (TPSA) is 46.0 Å². The van der Waals surface area contributed by atoms with E-state index in [1.54, 1.807) is 0 Å². The van der Waals surface area contributed by atoms with Gasteiger partial charge in [-0.05, 0) is 26.3 Å². The van der Waals surface area contributed by atoms with Gasteiger partial charge < -0.3 is 5.11 Å². The number of aromatic nitrogens is 2. The van der Waals surface area contributed by atoms with Crippen molar-refractivity contribution in [3.8, 4) is 0 Å². The summed E-state index contributed by atoms with van der Waals surface area (Å²) in [5.41, 5.74) is 1.99. The maximum absolute atomic E-state index is 8.61. The largest absolute Gasteiger partial charge is 0.396 e. The highest BCUT2D eigenvalue weighted by molar-refractivity contribution is 5.08. The molecule has 12 heavy (non-hydrogen) atoms. The Morgan fingerprint density at radius 3 is 2.33 bits per heavy atom. The van der Waals surface area contributed by atoms with Crippen LogP contribution in [0.3, 0.4) is 0 Å². The van der Waals surface area contributed by atoms with E-state index in [0.717, 1.165) is 30.1 Å². The van der Waals surface area contributed by atoms with Crippen molar-refractivity contribution in [2.24, 2.45) is 0 Å². The molecule has 0 aromatic carbocycles. The predicted octanol–water partition coefficient (Wildman–Crippen LogP) is 1.02. The molecule has 0 unspecified atom stereocenters. The molecule has 0 saturated heterocycles. The minimum absolute atomic E-state index is 0.205. The van der Waals surface area contributed by atoms with Gasteiger partial charge in [0.25, 0.3) is 0 Å². The number of aryl methyl sites for hydroxylation is 3. The van der Waals surface area contributed by atoms with Crippen LogP contribution in [-0.2, 0) is 6.42 Å². The van der Waals surface area contributed by atoms with E-state index >= 15 is 0 Å². The van der Waals surface area contributed by atoms with Crippen LogP contribution >= 0.6 is 0 Å². The zero-order valence-corrected chi connectivity index (χ0v) is 7.54. The van der Waals surface area contributed by atoms with Gasteiger partial charge in [0.15, 0.2) is 0 Å². The molecular formula is C9H14N2O. The molecule has 3 nitrogen and oxygen atoms in total. The van der Waals surface area contributed by atoms with Gasteiger partial charge in [-0.1, -0.05) is 0 Å². The van der Waals surface area contributed by atoms with Gasteiger partial charge in [0.1, 0.15) is 5.82 Å². The van der Waals surface area contributed by atoms with Crippen LogP contribution in [0.15, 0.2) is 6.07 Å². The molecule has 1 heterocycles. The molecule has 66 valence electrons. The fourth-order valence-corrected chi connectivity index (χ4v) is 1.15. The lowest BCUT2D eigenvalue weighted by Crippen LogP contribution is -2.00. The first kappa shape index (κ1) is 9.13. The van der Waals surface area contributed by atoms with Crippen LogP contribution in [-0.4, -0.2) is 21.7 Å². The lowest BCUT2D eigenvalue weighted by molar-refractivity contribution is 0.287. The molecule has 1 aromatic rings. The monoisotopic (exact) mass is 166 g/mol. The number of aliphatic hydroxyl groups excluding tert-OH is 1. The van der Waals surface area contributed by atoms with Crippen LogP contribution in [0.4, 0.5) is 0 Å². The maximum Gasteiger partial charge on any atom is 0.128 e. The quantitative estimate of drug-likeness (QED) is 0.729. The summed E-state index contributed by atoms with van der Waals surface area (Å²) in [7, 11) is 0. The average molecular weight is 166 g/mol. The molecule has 1 aromatic heterocycles. The molecule has 0 spiro atoms. The highest BCUT2D eigenvalue weighted by atomic mass is 16.2. The second-order valence-electron chi connectivity index (χ2n) is 2.89. The first-order valence-electron chi connectivity index (χ1n) is 4.14. The third-order valence-electron chi connectivity index (χ3n) is 1.59. The molecule has 1 N–H and O–H groups in total.